The van der Waals surface area contributed by atoms with E-state index in [1.165, 1.54) is 13.2 Å². The van der Waals surface area contributed by atoms with Crippen LogP contribution in [0.25, 0.3) is 22.2 Å². The number of carboxylic acids is 1. The minimum atomic E-state index is -5.08. The Morgan fingerprint density at radius 1 is 1.07 bits per heavy atom. The molecule has 3 aromatic heterocycles. The number of aromatic amines is 1. The number of rotatable bonds is 8. The van der Waals surface area contributed by atoms with Gasteiger partial charge in [0.2, 0.25) is 5.78 Å². The molecule has 4 aromatic rings. The molecule has 246 valence electrons. The van der Waals surface area contributed by atoms with Crippen LogP contribution in [0, 0.1) is 11.6 Å². The molecule has 0 unspecified atom stereocenters. The summed E-state index contributed by atoms with van der Waals surface area (Å²) in [4.78, 5) is 34.2. The molecule has 5 rings (SSSR count). The molecule has 11 nitrogen and oxygen atoms in total. The summed E-state index contributed by atoms with van der Waals surface area (Å²) in [5.41, 5.74) is 1.47. The predicted molar refractivity (Wildman–Crippen MR) is 158 cm³/mol. The molecule has 1 aromatic carbocycles. The van der Waals surface area contributed by atoms with Crippen molar-refractivity contribution in [2.75, 3.05) is 31.4 Å². The smallest absolute Gasteiger partial charge is 0.475 e. The van der Waals surface area contributed by atoms with E-state index < -0.39 is 51.0 Å². The number of hydrogen-bond donors (Lipinski definition) is 4. The number of anilines is 1. The number of benzene rings is 1. The van der Waals surface area contributed by atoms with Gasteiger partial charge in [0.15, 0.2) is 5.82 Å². The number of carboxylic acid groups (broad SMARTS) is 1. The molecule has 1 saturated heterocycles. The second-order valence-corrected chi connectivity index (χ2v) is 12.0. The lowest BCUT2D eigenvalue weighted by atomic mass is 9.93. The molecule has 0 radical (unpaired) electrons. The third-order valence-corrected chi connectivity index (χ3v) is 8.86. The predicted octanol–water partition coefficient (Wildman–Crippen LogP) is 4.84. The zero-order valence-electron chi connectivity index (χ0n) is 24.5. The summed E-state index contributed by atoms with van der Waals surface area (Å²) in [5, 5.41) is 10.8. The number of H-pyrrole nitrogens is 1. The average molecular weight is 669 g/mol. The number of ketones is 1. The highest BCUT2D eigenvalue weighted by atomic mass is 32.2. The summed E-state index contributed by atoms with van der Waals surface area (Å²) in [5.74, 6) is -5.71. The van der Waals surface area contributed by atoms with Gasteiger partial charge in [0.25, 0.3) is 0 Å². The van der Waals surface area contributed by atoms with Crippen LogP contribution in [0.15, 0.2) is 48.9 Å². The Morgan fingerprint density at radius 2 is 1.72 bits per heavy atom. The molecule has 46 heavy (non-hydrogen) atoms. The first-order valence-corrected chi connectivity index (χ1v) is 15.3. The van der Waals surface area contributed by atoms with Gasteiger partial charge in [-0.15, -0.1) is 0 Å². The summed E-state index contributed by atoms with van der Waals surface area (Å²) in [6.45, 7) is 3.66. The van der Waals surface area contributed by atoms with Crippen molar-refractivity contribution >= 4 is 38.7 Å². The van der Waals surface area contributed by atoms with Gasteiger partial charge in [0, 0.05) is 65.9 Å². The van der Waals surface area contributed by atoms with Crippen molar-refractivity contribution in [3.8, 4) is 11.1 Å². The number of fused-ring (bicyclic) bond motifs is 1. The number of halogens is 5. The zero-order valence-corrected chi connectivity index (χ0v) is 25.3. The molecule has 0 saturated carbocycles. The molecule has 0 atom stereocenters. The van der Waals surface area contributed by atoms with Gasteiger partial charge in [-0.25, -0.2) is 18.6 Å². The number of aromatic nitrogens is 3. The van der Waals surface area contributed by atoms with Gasteiger partial charge in [-0.2, -0.15) is 25.9 Å². The lowest BCUT2D eigenvalue weighted by Gasteiger charge is -2.22. The normalized spacial score (nSPS) is 14.2. The number of carbonyl (C=O) groups is 2. The number of pyridine rings is 2. The minimum absolute atomic E-state index is 0.00196. The summed E-state index contributed by atoms with van der Waals surface area (Å²) in [6, 6.07) is 7.45. The molecule has 1 fully saturated rings. The second-order valence-electron chi connectivity index (χ2n) is 10.3. The van der Waals surface area contributed by atoms with E-state index in [1.807, 2.05) is 12.1 Å². The number of alkyl halides is 3. The number of aliphatic carboxylic acids is 1. The van der Waals surface area contributed by atoms with Crippen LogP contribution < -0.4 is 10.0 Å². The van der Waals surface area contributed by atoms with Crippen LogP contribution in [0.2, 0.25) is 0 Å². The summed E-state index contributed by atoms with van der Waals surface area (Å²) in [6.07, 6.45) is 1.70. The van der Waals surface area contributed by atoms with E-state index in [0.29, 0.717) is 22.5 Å². The lowest BCUT2D eigenvalue weighted by molar-refractivity contribution is -0.192. The fourth-order valence-corrected chi connectivity index (χ4v) is 5.58. The number of carbonyl (C=O) groups excluding carboxylic acids is 1. The maximum absolute atomic E-state index is 15.4. The van der Waals surface area contributed by atoms with Crippen molar-refractivity contribution in [2.45, 2.75) is 31.9 Å². The van der Waals surface area contributed by atoms with Crippen molar-refractivity contribution in [3.63, 3.8) is 0 Å². The molecule has 4 N–H and O–H groups in total. The van der Waals surface area contributed by atoms with E-state index >= 15 is 4.39 Å². The Bertz CT molecular complexity index is 1840. The molecule has 17 heteroatoms. The largest absolute Gasteiger partial charge is 0.490 e. The summed E-state index contributed by atoms with van der Waals surface area (Å²) < 4.78 is 89.7. The SMILES string of the molecule is CCN(C)S(=O)(=O)Nc1ccc(F)c(C(=O)c2c[nH]c3ncc(-c4ccc(C5CCNCC5)nc4)cc23)c1F.O=C(O)C(F)(F)F. The molecule has 1 aliphatic rings. The Morgan fingerprint density at radius 3 is 2.30 bits per heavy atom. The summed E-state index contributed by atoms with van der Waals surface area (Å²) >= 11 is 0. The quantitative estimate of drug-likeness (QED) is 0.154. The maximum Gasteiger partial charge on any atom is 0.490 e. The third-order valence-electron chi connectivity index (χ3n) is 7.31. The molecule has 0 amide bonds. The van der Waals surface area contributed by atoms with Crippen molar-refractivity contribution in [2.24, 2.45) is 0 Å². The van der Waals surface area contributed by atoms with Crippen LogP contribution in [0.5, 0.6) is 0 Å². The van der Waals surface area contributed by atoms with E-state index in [-0.39, 0.29) is 12.1 Å². The highest BCUT2D eigenvalue weighted by Gasteiger charge is 2.38. The highest BCUT2D eigenvalue weighted by Crippen LogP contribution is 2.31. The van der Waals surface area contributed by atoms with Crippen LogP contribution in [-0.2, 0) is 15.0 Å². The third kappa shape index (κ3) is 7.66. The molecular weight excluding hydrogens is 639 g/mol. The monoisotopic (exact) mass is 668 g/mol. The second kappa shape index (κ2) is 13.9. The standard InChI is InChI=1S/C27H28F2N6O3S.C2HF3O2/c1-3-35(2)39(37,38)34-23-7-5-21(28)24(25(23)29)26(36)20-15-33-27-19(20)12-18(14-32-27)17-4-6-22(31-13-17)16-8-10-30-11-9-16;3-2(4,5)1(6)7/h4-7,12-16,30,34H,3,8-11H2,1-2H3,(H,32,33);(H,6,7). The van der Waals surface area contributed by atoms with Crippen molar-refractivity contribution in [3.05, 3.63) is 77.4 Å². The first-order chi connectivity index (χ1) is 21.6. The molecular formula is C29H29F5N6O5S. The van der Waals surface area contributed by atoms with Gasteiger partial charge in [0.1, 0.15) is 11.5 Å². The number of nitrogens with zero attached hydrogens (tertiary/aromatic N) is 3. The van der Waals surface area contributed by atoms with Crippen molar-refractivity contribution in [1.82, 2.24) is 24.6 Å². The Balaban J connectivity index is 0.000000617. The molecule has 4 heterocycles. The van der Waals surface area contributed by atoms with Crippen LogP contribution in [-0.4, -0.2) is 77.4 Å². The van der Waals surface area contributed by atoms with E-state index in [4.69, 9.17) is 9.90 Å². The molecule has 1 aliphatic heterocycles. The van der Waals surface area contributed by atoms with Gasteiger partial charge >= 0.3 is 22.4 Å². The van der Waals surface area contributed by atoms with Gasteiger partial charge in [-0.3, -0.25) is 14.5 Å². The van der Waals surface area contributed by atoms with Crippen molar-refractivity contribution < 1.29 is 45.1 Å². The summed E-state index contributed by atoms with van der Waals surface area (Å²) in [7, 11) is -2.78. The lowest BCUT2D eigenvalue weighted by Crippen LogP contribution is -2.32. The fourth-order valence-electron chi connectivity index (χ4n) is 4.65. The van der Waals surface area contributed by atoms with Gasteiger partial charge < -0.3 is 15.4 Å². The number of nitrogens with one attached hydrogen (secondary N) is 3. The Labute approximate surface area is 260 Å². The van der Waals surface area contributed by atoms with Crippen LogP contribution >= 0.6 is 0 Å². The van der Waals surface area contributed by atoms with Crippen LogP contribution in [0.4, 0.5) is 27.6 Å². The number of piperidine rings is 1. The van der Waals surface area contributed by atoms with E-state index in [1.54, 1.807) is 25.4 Å². The van der Waals surface area contributed by atoms with Gasteiger partial charge in [0.05, 0.1) is 11.3 Å². The fraction of sp³-hybridized carbons (Fsp3) is 0.310. The highest BCUT2D eigenvalue weighted by molar-refractivity contribution is 7.90. The van der Waals surface area contributed by atoms with Crippen molar-refractivity contribution in [1.29, 1.82) is 0 Å². The molecule has 0 aliphatic carbocycles. The Hall–Kier alpha value is -4.48. The van der Waals surface area contributed by atoms with Crippen LogP contribution in [0.3, 0.4) is 0 Å². The van der Waals surface area contributed by atoms with E-state index in [9.17, 15) is 30.8 Å². The molecule has 0 bridgehead atoms. The van der Waals surface area contributed by atoms with Gasteiger partial charge in [-0.05, 0) is 50.2 Å². The van der Waals surface area contributed by atoms with E-state index in [2.05, 4.69) is 25.0 Å². The van der Waals surface area contributed by atoms with Gasteiger partial charge in [-0.1, -0.05) is 13.0 Å². The molecule has 0 spiro atoms. The first kappa shape index (κ1) is 34.4. The maximum atomic E-state index is 15.4. The minimum Gasteiger partial charge on any atom is -0.475 e. The first-order valence-electron chi connectivity index (χ1n) is 13.8. The Kier molecular flexibility index (Phi) is 10.4. The van der Waals surface area contributed by atoms with Crippen LogP contribution in [0.1, 0.15) is 47.3 Å². The topological polar surface area (TPSA) is 157 Å². The zero-order chi connectivity index (χ0) is 33.8. The number of hydrogen-bond acceptors (Lipinski definition) is 7. The van der Waals surface area contributed by atoms with E-state index in [0.717, 1.165) is 53.6 Å². The average Bonchev–Trinajstić information content (AvgIpc) is 3.46.